The first-order chi connectivity index (χ1) is 21.2. The molecule has 0 fully saturated rings. The van der Waals surface area contributed by atoms with E-state index in [1.165, 1.54) is 55.0 Å². The second kappa shape index (κ2) is 12.3. The van der Waals surface area contributed by atoms with Gasteiger partial charge in [-0.15, -0.1) is 0 Å². The minimum absolute atomic E-state index is 0.0476. The van der Waals surface area contributed by atoms with Crippen LogP contribution in [0.3, 0.4) is 0 Å². The molecule has 0 N–H and O–H groups in total. The van der Waals surface area contributed by atoms with Gasteiger partial charge in [0.05, 0.1) is 10.9 Å². The maximum atomic E-state index is 2.49. The van der Waals surface area contributed by atoms with Crippen LogP contribution < -0.4 is 10.6 Å². The molecule has 44 heavy (non-hydrogen) atoms. The molecule has 1 heterocycles. The van der Waals surface area contributed by atoms with Crippen LogP contribution >= 0.6 is 0 Å². The number of nitrogens with zero attached hydrogens (tertiary/aromatic N) is 1. The molecular formula is C43H45N. The molecule has 0 saturated carbocycles. The first-order valence-corrected chi connectivity index (χ1v) is 16.1. The first kappa shape index (κ1) is 29.7. The molecule has 4 aromatic carbocycles. The number of allylic oxidation sites excluding steroid dienone is 4. The van der Waals surface area contributed by atoms with Crippen LogP contribution in [-0.4, -0.2) is 4.57 Å². The van der Waals surface area contributed by atoms with Crippen LogP contribution in [0, 0.1) is 31.6 Å². The van der Waals surface area contributed by atoms with Gasteiger partial charge in [-0.3, -0.25) is 0 Å². The molecular weight excluding hydrogens is 530 g/mol. The summed E-state index contributed by atoms with van der Waals surface area (Å²) in [7, 11) is 0. The van der Waals surface area contributed by atoms with Crippen LogP contribution in [0.25, 0.3) is 39.9 Å². The molecule has 5 aromatic rings. The lowest BCUT2D eigenvalue weighted by Gasteiger charge is -2.38. The molecule has 1 aromatic heterocycles. The Morgan fingerprint density at radius 2 is 1.36 bits per heavy atom. The number of hydrogen-bond donors (Lipinski definition) is 0. The third-order valence-electron chi connectivity index (χ3n) is 9.64. The van der Waals surface area contributed by atoms with E-state index in [1.54, 1.807) is 0 Å². The van der Waals surface area contributed by atoms with Crippen molar-refractivity contribution in [1.82, 2.24) is 4.57 Å². The van der Waals surface area contributed by atoms with E-state index >= 15 is 0 Å². The summed E-state index contributed by atoms with van der Waals surface area (Å²) in [6, 6.07) is 34.8. The van der Waals surface area contributed by atoms with Crippen molar-refractivity contribution in [1.29, 1.82) is 0 Å². The van der Waals surface area contributed by atoms with Gasteiger partial charge in [0.1, 0.15) is 0 Å². The van der Waals surface area contributed by atoms with Crippen molar-refractivity contribution < 1.29 is 0 Å². The normalized spacial score (nSPS) is 19.0. The number of hydrogen-bond acceptors (Lipinski definition) is 0. The largest absolute Gasteiger partial charge is 0.310 e. The summed E-state index contributed by atoms with van der Waals surface area (Å²) in [6.07, 6.45) is 15.2. The first-order valence-electron chi connectivity index (χ1n) is 16.1. The van der Waals surface area contributed by atoms with Crippen LogP contribution in [-0.2, 0) is 5.41 Å². The molecule has 1 nitrogen and oxygen atoms in total. The summed E-state index contributed by atoms with van der Waals surface area (Å²) in [6.45, 7) is 13.9. The Morgan fingerprint density at radius 1 is 0.727 bits per heavy atom. The zero-order valence-corrected chi connectivity index (χ0v) is 27.1. The summed E-state index contributed by atoms with van der Waals surface area (Å²) in [4.78, 5) is 0. The average Bonchev–Trinajstić information content (AvgIpc) is 3.34. The molecule has 1 heteroatoms. The van der Waals surface area contributed by atoms with Crippen molar-refractivity contribution >= 4 is 23.1 Å². The maximum Gasteiger partial charge on any atom is 0.0543 e. The van der Waals surface area contributed by atoms with E-state index in [-0.39, 0.29) is 5.41 Å². The van der Waals surface area contributed by atoms with E-state index in [0.717, 1.165) is 6.42 Å². The van der Waals surface area contributed by atoms with Crippen molar-refractivity contribution in [2.45, 2.75) is 53.4 Å². The third kappa shape index (κ3) is 5.76. The monoisotopic (exact) mass is 575 g/mol. The van der Waals surface area contributed by atoms with Crippen LogP contribution in [0.2, 0.25) is 0 Å². The van der Waals surface area contributed by atoms with Gasteiger partial charge in [0.2, 0.25) is 0 Å². The molecule has 3 unspecified atom stereocenters. The zero-order chi connectivity index (χ0) is 30.8. The molecule has 7 rings (SSSR count). The topological polar surface area (TPSA) is 4.93 Å². The van der Waals surface area contributed by atoms with E-state index in [4.69, 9.17) is 0 Å². The fourth-order valence-electron chi connectivity index (χ4n) is 7.23. The Morgan fingerprint density at radius 3 is 2.05 bits per heavy atom. The summed E-state index contributed by atoms with van der Waals surface area (Å²) >= 11 is 0. The van der Waals surface area contributed by atoms with Gasteiger partial charge < -0.3 is 4.57 Å². The predicted molar refractivity (Wildman–Crippen MR) is 191 cm³/mol. The van der Waals surface area contributed by atoms with Gasteiger partial charge in [-0.25, -0.2) is 0 Å². The van der Waals surface area contributed by atoms with Gasteiger partial charge in [0.25, 0.3) is 0 Å². The number of para-hydroxylation sites is 1. The highest BCUT2D eigenvalue weighted by Gasteiger charge is 2.35. The molecule has 0 saturated heterocycles. The SMILES string of the molecule is Cc1cc2c3c(n(-c4ccccc4)c2cc1C(C)(C)C1C=CC=CC1C)=CC(C)CC=3.Cc1ccc(-c2ccccc2)cc1. The number of benzene rings is 4. The Kier molecular flexibility index (Phi) is 8.32. The quantitative estimate of drug-likeness (QED) is 0.201. The molecule has 0 spiro atoms. The number of aryl methyl sites for hydroxylation is 2. The second-order valence-corrected chi connectivity index (χ2v) is 13.3. The highest BCUT2D eigenvalue weighted by molar-refractivity contribution is 5.86. The zero-order valence-electron chi connectivity index (χ0n) is 27.1. The highest BCUT2D eigenvalue weighted by atomic mass is 15.0. The minimum Gasteiger partial charge on any atom is -0.310 e. The van der Waals surface area contributed by atoms with Gasteiger partial charge in [0, 0.05) is 16.3 Å². The molecule has 0 aliphatic heterocycles. The Balaban J connectivity index is 0.000000220. The lowest BCUT2D eigenvalue weighted by molar-refractivity contribution is 0.317. The predicted octanol–water partition coefficient (Wildman–Crippen LogP) is 9.86. The lowest BCUT2D eigenvalue weighted by Crippen LogP contribution is -2.33. The summed E-state index contributed by atoms with van der Waals surface area (Å²) < 4.78 is 2.48. The molecule has 2 aliphatic rings. The van der Waals surface area contributed by atoms with Gasteiger partial charge >= 0.3 is 0 Å². The van der Waals surface area contributed by atoms with Gasteiger partial charge in [-0.1, -0.05) is 143 Å². The number of aromatic nitrogens is 1. The van der Waals surface area contributed by atoms with Crippen LogP contribution in [0.1, 0.15) is 50.8 Å². The summed E-state index contributed by atoms with van der Waals surface area (Å²) in [5.41, 5.74) is 9.34. The van der Waals surface area contributed by atoms with Crippen LogP contribution in [0.4, 0.5) is 0 Å². The number of fused-ring (bicyclic) bond motifs is 3. The van der Waals surface area contributed by atoms with Crippen molar-refractivity contribution in [2.75, 3.05) is 0 Å². The van der Waals surface area contributed by atoms with Gasteiger partial charge in [-0.2, -0.15) is 0 Å². The van der Waals surface area contributed by atoms with Crippen molar-refractivity contribution in [2.24, 2.45) is 17.8 Å². The van der Waals surface area contributed by atoms with Crippen molar-refractivity contribution in [3.8, 4) is 16.8 Å². The summed E-state index contributed by atoms with van der Waals surface area (Å²) in [5, 5.41) is 4.13. The number of rotatable bonds is 4. The Labute approximate surface area is 263 Å². The van der Waals surface area contributed by atoms with Gasteiger partial charge in [-0.05, 0) is 90.0 Å². The minimum atomic E-state index is 0.0476. The van der Waals surface area contributed by atoms with Crippen molar-refractivity contribution in [3.05, 3.63) is 149 Å². The van der Waals surface area contributed by atoms with E-state index in [2.05, 4.69) is 174 Å². The Bertz CT molecular complexity index is 1930. The maximum absolute atomic E-state index is 2.49. The van der Waals surface area contributed by atoms with E-state index in [9.17, 15) is 0 Å². The van der Waals surface area contributed by atoms with Crippen LogP contribution in [0.5, 0.6) is 0 Å². The fraction of sp³-hybridized carbons (Fsp3) is 0.256. The standard InChI is InChI=1S/C30H33N.C13H12/c1-20-15-16-24-25-18-22(3)27(30(4,5)26-14-10-9-11-21(26)2)19-29(25)31(28(24)17-20)23-12-7-6-8-13-23;1-11-7-9-13(10-8-11)12-5-3-2-4-6-12/h6-14,16-21,26H,15H2,1-5H3;2-10H,1H3. The van der Waals surface area contributed by atoms with E-state index < -0.39 is 0 Å². The third-order valence-corrected chi connectivity index (χ3v) is 9.64. The van der Waals surface area contributed by atoms with E-state index in [1.807, 2.05) is 6.07 Å². The molecule has 0 amide bonds. The lowest BCUT2D eigenvalue weighted by atomic mass is 9.66. The van der Waals surface area contributed by atoms with Crippen LogP contribution in [0.15, 0.2) is 121 Å². The van der Waals surface area contributed by atoms with Crippen molar-refractivity contribution in [3.63, 3.8) is 0 Å². The molecule has 222 valence electrons. The highest BCUT2D eigenvalue weighted by Crippen LogP contribution is 2.41. The second-order valence-electron chi connectivity index (χ2n) is 13.3. The smallest absolute Gasteiger partial charge is 0.0543 e. The summed E-state index contributed by atoms with van der Waals surface area (Å²) in [5.74, 6) is 1.59. The average molecular weight is 576 g/mol. The van der Waals surface area contributed by atoms with E-state index in [0.29, 0.717) is 17.8 Å². The molecule has 0 bridgehead atoms. The fourth-order valence-corrected chi connectivity index (χ4v) is 7.23. The molecule has 3 atom stereocenters. The molecule has 2 aliphatic carbocycles. The Hall–Kier alpha value is -4.36. The van der Waals surface area contributed by atoms with Gasteiger partial charge in [0.15, 0.2) is 0 Å². The molecule has 0 radical (unpaired) electrons.